The van der Waals surface area contributed by atoms with Crippen molar-refractivity contribution in [3.8, 4) is 0 Å². The van der Waals surface area contributed by atoms with Gasteiger partial charge in [-0.15, -0.1) is 11.3 Å². The van der Waals surface area contributed by atoms with Gasteiger partial charge >= 0.3 is 0 Å². The molecular weight excluding hydrogens is 218 g/mol. The molecule has 88 valence electrons. The lowest BCUT2D eigenvalue weighted by atomic mass is 10.1. The van der Waals surface area contributed by atoms with Gasteiger partial charge in [0.25, 0.3) is 0 Å². The molecule has 0 saturated carbocycles. The molecule has 0 saturated heterocycles. The summed E-state index contributed by atoms with van der Waals surface area (Å²) in [5, 5.41) is 6.80. The molecule has 2 unspecified atom stereocenters. The lowest BCUT2D eigenvalue weighted by molar-refractivity contribution is 0.529. The second kappa shape index (κ2) is 5.57. The minimum Gasteiger partial charge on any atom is -0.324 e. The van der Waals surface area contributed by atoms with E-state index in [0.717, 1.165) is 31.6 Å². The van der Waals surface area contributed by atoms with E-state index in [1.54, 1.807) is 11.3 Å². The predicted octanol–water partition coefficient (Wildman–Crippen LogP) is 1.49. The minimum absolute atomic E-state index is 0.272. The van der Waals surface area contributed by atoms with Crippen LogP contribution in [0.4, 0.5) is 0 Å². The van der Waals surface area contributed by atoms with Crippen LogP contribution in [0.15, 0.2) is 17.5 Å². The number of hydrogen-bond donors (Lipinski definition) is 2. The van der Waals surface area contributed by atoms with Crippen molar-refractivity contribution in [2.75, 3.05) is 13.1 Å². The van der Waals surface area contributed by atoms with Crippen molar-refractivity contribution in [3.05, 3.63) is 28.2 Å². The molecule has 0 amide bonds. The van der Waals surface area contributed by atoms with Crippen LogP contribution < -0.4 is 11.1 Å². The molecular formula is C12H19N3S. The predicted molar refractivity (Wildman–Crippen MR) is 68.6 cm³/mol. The topological polar surface area (TPSA) is 50.9 Å². The standard InChI is InChI=1S/C12H19N3S/c1-9-8-16-12(15-9)4-5-14-7-10-2-3-11(13)6-10/h2-3,8,10-11,14H,4-7,13H2,1H3. The summed E-state index contributed by atoms with van der Waals surface area (Å²) in [4.78, 5) is 4.44. The molecule has 3 N–H and O–H groups in total. The summed E-state index contributed by atoms with van der Waals surface area (Å²) >= 11 is 1.75. The van der Waals surface area contributed by atoms with Crippen molar-refractivity contribution in [1.82, 2.24) is 10.3 Å². The third-order valence-corrected chi connectivity index (χ3v) is 3.82. The van der Waals surface area contributed by atoms with Crippen LogP contribution in [0.1, 0.15) is 17.1 Å². The normalized spacial score (nSPS) is 24.1. The molecule has 1 aromatic heterocycles. The third-order valence-electron chi connectivity index (χ3n) is 2.79. The molecule has 2 rings (SSSR count). The molecule has 1 aromatic rings. The lowest BCUT2D eigenvalue weighted by Crippen LogP contribution is -2.25. The van der Waals surface area contributed by atoms with Gasteiger partial charge in [0.1, 0.15) is 0 Å². The van der Waals surface area contributed by atoms with Crippen LogP contribution in [0, 0.1) is 12.8 Å². The molecule has 0 aliphatic heterocycles. The number of hydrogen-bond acceptors (Lipinski definition) is 4. The Balaban J connectivity index is 1.60. The van der Waals surface area contributed by atoms with Gasteiger partial charge in [-0.2, -0.15) is 0 Å². The zero-order valence-corrected chi connectivity index (χ0v) is 10.5. The fraction of sp³-hybridized carbons (Fsp3) is 0.583. The van der Waals surface area contributed by atoms with Gasteiger partial charge in [0.2, 0.25) is 0 Å². The monoisotopic (exact) mass is 237 g/mol. The molecule has 0 fully saturated rings. The number of thiazole rings is 1. The molecule has 1 heterocycles. The van der Waals surface area contributed by atoms with Gasteiger partial charge in [0.15, 0.2) is 0 Å². The Kier molecular flexibility index (Phi) is 4.09. The number of aryl methyl sites for hydroxylation is 1. The Labute approximate surface area is 101 Å². The lowest BCUT2D eigenvalue weighted by Gasteiger charge is -2.09. The average molecular weight is 237 g/mol. The van der Waals surface area contributed by atoms with Crippen molar-refractivity contribution >= 4 is 11.3 Å². The highest BCUT2D eigenvalue weighted by Crippen LogP contribution is 2.15. The fourth-order valence-electron chi connectivity index (χ4n) is 1.96. The Morgan fingerprint density at radius 3 is 3.06 bits per heavy atom. The Morgan fingerprint density at radius 2 is 2.44 bits per heavy atom. The number of rotatable bonds is 5. The van der Waals surface area contributed by atoms with Crippen LogP contribution in [-0.2, 0) is 6.42 Å². The van der Waals surface area contributed by atoms with Gasteiger partial charge in [-0.05, 0) is 19.3 Å². The van der Waals surface area contributed by atoms with E-state index < -0.39 is 0 Å². The van der Waals surface area contributed by atoms with Gasteiger partial charge in [-0.1, -0.05) is 12.2 Å². The number of nitrogens with two attached hydrogens (primary N) is 1. The summed E-state index contributed by atoms with van der Waals surface area (Å²) in [6, 6.07) is 0.272. The van der Waals surface area contributed by atoms with E-state index in [0.29, 0.717) is 5.92 Å². The van der Waals surface area contributed by atoms with E-state index in [4.69, 9.17) is 5.73 Å². The molecule has 0 aromatic carbocycles. The van der Waals surface area contributed by atoms with Crippen molar-refractivity contribution in [2.45, 2.75) is 25.8 Å². The molecule has 1 aliphatic rings. The van der Waals surface area contributed by atoms with E-state index in [-0.39, 0.29) is 6.04 Å². The van der Waals surface area contributed by atoms with E-state index in [2.05, 4.69) is 27.8 Å². The molecule has 0 spiro atoms. The summed E-state index contributed by atoms with van der Waals surface area (Å²) in [6.07, 6.45) is 6.45. The molecule has 0 radical (unpaired) electrons. The summed E-state index contributed by atoms with van der Waals surface area (Å²) in [7, 11) is 0. The van der Waals surface area contributed by atoms with Crippen LogP contribution in [0.3, 0.4) is 0 Å². The highest BCUT2D eigenvalue weighted by Gasteiger charge is 2.14. The SMILES string of the molecule is Cc1csc(CCNCC2C=CC(N)C2)n1. The molecule has 1 aliphatic carbocycles. The summed E-state index contributed by atoms with van der Waals surface area (Å²) < 4.78 is 0. The van der Waals surface area contributed by atoms with Crippen molar-refractivity contribution in [1.29, 1.82) is 0 Å². The second-order valence-corrected chi connectivity index (χ2v) is 5.32. The molecule has 4 heteroatoms. The molecule has 16 heavy (non-hydrogen) atoms. The average Bonchev–Trinajstić information content (AvgIpc) is 2.83. The highest BCUT2D eigenvalue weighted by atomic mass is 32.1. The summed E-state index contributed by atoms with van der Waals surface area (Å²) in [5.41, 5.74) is 6.93. The zero-order chi connectivity index (χ0) is 11.4. The van der Waals surface area contributed by atoms with Crippen LogP contribution in [0.2, 0.25) is 0 Å². The maximum atomic E-state index is 5.80. The zero-order valence-electron chi connectivity index (χ0n) is 9.65. The number of nitrogens with one attached hydrogen (secondary N) is 1. The molecule has 2 atom stereocenters. The van der Waals surface area contributed by atoms with Gasteiger partial charge in [0, 0.05) is 36.6 Å². The Morgan fingerprint density at radius 1 is 1.56 bits per heavy atom. The van der Waals surface area contributed by atoms with Crippen molar-refractivity contribution in [3.63, 3.8) is 0 Å². The van der Waals surface area contributed by atoms with Crippen LogP contribution in [0.25, 0.3) is 0 Å². The third kappa shape index (κ3) is 3.40. The van der Waals surface area contributed by atoms with Crippen LogP contribution >= 0.6 is 11.3 Å². The first kappa shape index (κ1) is 11.8. The van der Waals surface area contributed by atoms with E-state index in [1.165, 1.54) is 5.01 Å². The summed E-state index contributed by atoms with van der Waals surface area (Å²) in [6.45, 7) is 4.08. The first-order valence-corrected chi connectivity index (χ1v) is 6.67. The van der Waals surface area contributed by atoms with Crippen LogP contribution in [-0.4, -0.2) is 24.1 Å². The van der Waals surface area contributed by atoms with E-state index >= 15 is 0 Å². The largest absolute Gasteiger partial charge is 0.324 e. The smallest absolute Gasteiger partial charge is 0.0940 e. The van der Waals surface area contributed by atoms with Gasteiger partial charge < -0.3 is 11.1 Å². The van der Waals surface area contributed by atoms with E-state index in [9.17, 15) is 0 Å². The highest BCUT2D eigenvalue weighted by molar-refractivity contribution is 7.09. The first-order valence-electron chi connectivity index (χ1n) is 5.79. The van der Waals surface area contributed by atoms with Crippen LogP contribution in [0.5, 0.6) is 0 Å². The van der Waals surface area contributed by atoms with Gasteiger partial charge in [-0.25, -0.2) is 4.98 Å². The summed E-state index contributed by atoms with van der Waals surface area (Å²) in [5.74, 6) is 0.619. The fourth-order valence-corrected chi connectivity index (χ4v) is 2.73. The second-order valence-electron chi connectivity index (χ2n) is 4.38. The quantitative estimate of drug-likeness (QED) is 0.602. The Bertz CT molecular complexity index is 359. The molecule has 0 bridgehead atoms. The van der Waals surface area contributed by atoms with Gasteiger partial charge in [-0.3, -0.25) is 0 Å². The minimum atomic E-state index is 0.272. The maximum Gasteiger partial charge on any atom is 0.0940 e. The van der Waals surface area contributed by atoms with E-state index in [1.807, 2.05) is 6.92 Å². The number of nitrogens with zero attached hydrogens (tertiary/aromatic N) is 1. The number of aromatic nitrogens is 1. The van der Waals surface area contributed by atoms with Gasteiger partial charge in [0.05, 0.1) is 5.01 Å². The Hall–Kier alpha value is -0.710. The van der Waals surface area contributed by atoms with Crippen molar-refractivity contribution < 1.29 is 0 Å². The molecule has 3 nitrogen and oxygen atoms in total. The first-order chi connectivity index (χ1) is 7.74. The van der Waals surface area contributed by atoms with Crippen molar-refractivity contribution in [2.24, 2.45) is 11.7 Å². The maximum absolute atomic E-state index is 5.80.